The molecular formula is C18H24NOSiY-. The van der Waals surface area contributed by atoms with Crippen LogP contribution in [0.4, 0.5) is 0 Å². The van der Waals surface area contributed by atoms with Gasteiger partial charge in [0.15, 0.2) is 0 Å². The summed E-state index contributed by atoms with van der Waals surface area (Å²) in [6.07, 6.45) is 0. The SMILES string of the molecule is CC(C)[Si](C#Cc1nc2c[c-]ccc2o1)(C(C)C)C(C)C.[Y]. The van der Waals surface area contributed by atoms with E-state index in [1.807, 2.05) is 18.2 Å². The number of oxazole rings is 1. The summed E-state index contributed by atoms with van der Waals surface area (Å²) < 4.78 is 5.72. The second kappa shape index (κ2) is 7.90. The number of benzene rings is 1. The molecule has 1 aromatic heterocycles. The van der Waals surface area contributed by atoms with Gasteiger partial charge in [-0.25, -0.2) is 0 Å². The summed E-state index contributed by atoms with van der Waals surface area (Å²) >= 11 is 0. The van der Waals surface area contributed by atoms with Gasteiger partial charge in [-0.15, -0.1) is 17.7 Å². The third kappa shape index (κ3) is 3.72. The first kappa shape index (κ1) is 19.6. The van der Waals surface area contributed by atoms with Gasteiger partial charge in [-0.05, 0) is 28.1 Å². The van der Waals surface area contributed by atoms with Crippen LogP contribution in [0.1, 0.15) is 47.4 Å². The van der Waals surface area contributed by atoms with Crippen molar-refractivity contribution in [3.63, 3.8) is 0 Å². The number of hydrogen-bond donors (Lipinski definition) is 0. The fraction of sp³-hybridized carbons (Fsp3) is 0.500. The maximum absolute atomic E-state index is 5.72. The molecule has 0 aliphatic carbocycles. The molecule has 1 radical (unpaired) electrons. The fourth-order valence-electron chi connectivity index (χ4n) is 3.47. The molecule has 22 heavy (non-hydrogen) atoms. The number of fused-ring (bicyclic) bond motifs is 1. The van der Waals surface area contributed by atoms with E-state index in [0.29, 0.717) is 22.5 Å². The predicted molar refractivity (Wildman–Crippen MR) is 90.8 cm³/mol. The Kier molecular flexibility index (Phi) is 7.05. The van der Waals surface area contributed by atoms with Crippen molar-refractivity contribution in [2.75, 3.05) is 0 Å². The minimum atomic E-state index is -1.73. The van der Waals surface area contributed by atoms with E-state index in [0.717, 1.165) is 11.1 Å². The molecule has 0 unspecified atom stereocenters. The summed E-state index contributed by atoms with van der Waals surface area (Å²) in [5, 5.41) is 0. The Balaban J connectivity index is 0.00000242. The van der Waals surface area contributed by atoms with E-state index in [1.165, 1.54) is 0 Å². The first-order valence-corrected chi connectivity index (χ1v) is 9.91. The summed E-state index contributed by atoms with van der Waals surface area (Å²) in [7, 11) is -1.73. The first-order valence-electron chi connectivity index (χ1n) is 7.67. The van der Waals surface area contributed by atoms with Crippen LogP contribution in [0.5, 0.6) is 0 Å². The normalized spacial score (nSPS) is 11.7. The minimum absolute atomic E-state index is 0. The molecule has 2 aromatic rings. The molecule has 115 valence electrons. The van der Waals surface area contributed by atoms with E-state index in [2.05, 4.69) is 64.1 Å². The molecule has 2 nitrogen and oxygen atoms in total. The Labute approximate surface area is 160 Å². The maximum atomic E-state index is 5.72. The third-order valence-electron chi connectivity index (χ3n) is 4.48. The van der Waals surface area contributed by atoms with Crippen LogP contribution in [0, 0.1) is 17.5 Å². The van der Waals surface area contributed by atoms with Crippen LogP contribution in [0.2, 0.25) is 16.6 Å². The summed E-state index contributed by atoms with van der Waals surface area (Å²) in [6, 6.07) is 8.56. The van der Waals surface area contributed by atoms with Gasteiger partial charge in [-0.1, -0.05) is 41.5 Å². The number of hydrogen-bond acceptors (Lipinski definition) is 2. The minimum Gasteiger partial charge on any atom is -0.457 e. The van der Waals surface area contributed by atoms with Crippen LogP contribution >= 0.6 is 0 Å². The monoisotopic (exact) mass is 387 g/mol. The van der Waals surface area contributed by atoms with E-state index >= 15 is 0 Å². The van der Waals surface area contributed by atoms with Crippen molar-refractivity contribution in [1.82, 2.24) is 4.98 Å². The second-order valence-corrected chi connectivity index (χ2v) is 12.1. The largest absolute Gasteiger partial charge is 0.457 e. The average Bonchev–Trinajstić information content (AvgIpc) is 2.80. The van der Waals surface area contributed by atoms with Crippen molar-refractivity contribution in [3.05, 3.63) is 30.2 Å². The van der Waals surface area contributed by atoms with Crippen LogP contribution in [-0.4, -0.2) is 13.1 Å². The Hall–Kier alpha value is -0.429. The number of rotatable bonds is 3. The van der Waals surface area contributed by atoms with Crippen molar-refractivity contribution < 1.29 is 37.1 Å². The average molecular weight is 387 g/mol. The molecule has 0 spiro atoms. The van der Waals surface area contributed by atoms with Crippen LogP contribution < -0.4 is 0 Å². The Morgan fingerprint density at radius 2 is 1.68 bits per heavy atom. The van der Waals surface area contributed by atoms with Crippen LogP contribution in [0.15, 0.2) is 22.6 Å². The molecule has 0 atom stereocenters. The van der Waals surface area contributed by atoms with Gasteiger partial charge in [0.25, 0.3) is 5.89 Å². The zero-order valence-corrected chi connectivity index (χ0v) is 18.2. The molecule has 0 amide bonds. The molecule has 0 N–H and O–H groups in total. The summed E-state index contributed by atoms with van der Waals surface area (Å²) in [5.74, 6) is 3.77. The van der Waals surface area contributed by atoms with Crippen LogP contribution in [-0.2, 0) is 32.7 Å². The molecule has 0 aliphatic rings. The fourth-order valence-corrected chi connectivity index (χ4v) is 8.66. The molecule has 4 heteroatoms. The predicted octanol–water partition coefficient (Wildman–Crippen LogP) is 5.19. The molecule has 1 aromatic carbocycles. The van der Waals surface area contributed by atoms with Gasteiger partial charge < -0.3 is 4.42 Å². The molecular weight excluding hydrogens is 363 g/mol. The Morgan fingerprint density at radius 3 is 2.18 bits per heavy atom. The van der Waals surface area contributed by atoms with Gasteiger partial charge in [-0.2, -0.15) is 12.1 Å². The standard InChI is InChI=1S/C18H24NOSi.Y/c1-13(2)21(14(3)4,15(5)6)12-11-18-19-16-9-7-8-10-17(16)20-18;/h8-10,13-15H,1-6H3;/q-1;. The van der Waals surface area contributed by atoms with E-state index in [1.54, 1.807) is 0 Å². The molecule has 0 saturated heterocycles. The molecule has 2 rings (SSSR count). The van der Waals surface area contributed by atoms with Crippen molar-refractivity contribution in [2.24, 2.45) is 0 Å². The smallest absolute Gasteiger partial charge is 0.258 e. The molecule has 0 fully saturated rings. The van der Waals surface area contributed by atoms with Gasteiger partial charge in [0.2, 0.25) is 0 Å². The van der Waals surface area contributed by atoms with Crippen LogP contribution in [0.3, 0.4) is 0 Å². The van der Waals surface area contributed by atoms with Crippen molar-refractivity contribution in [3.8, 4) is 11.5 Å². The van der Waals surface area contributed by atoms with Gasteiger partial charge in [0.05, 0.1) is 0 Å². The Morgan fingerprint density at radius 1 is 1.09 bits per heavy atom. The zero-order chi connectivity index (χ0) is 15.6. The van der Waals surface area contributed by atoms with Crippen molar-refractivity contribution in [2.45, 2.75) is 58.2 Å². The van der Waals surface area contributed by atoms with Gasteiger partial charge in [0.1, 0.15) is 8.07 Å². The summed E-state index contributed by atoms with van der Waals surface area (Å²) in [4.78, 5) is 4.44. The third-order valence-corrected chi connectivity index (χ3v) is 10.8. The van der Waals surface area contributed by atoms with E-state index in [4.69, 9.17) is 4.42 Å². The van der Waals surface area contributed by atoms with E-state index in [9.17, 15) is 0 Å². The molecule has 0 aliphatic heterocycles. The zero-order valence-electron chi connectivity index (χ0n) is 14.4. The van der Waals surface area contributed by atoms with Gasteiger partial charge >= 0.3 is 0 Å². The number of aromatic nitrogens is 1. The van der Waals surface area contributed by atoms with E-state index in [-0.39, 0.29) is 32.7 Å². The van der Waals surface area contributed by atoms with Gasteiger partial charge in [-0.3, -0.25) is 4.98 Å². The van der Waals surface area contributed by atoms with Crippen molar-refractivity contribution >= 4 is 19.2 Å². The van der Waals surface area contributed by atoms with Crippen molar-refractivity contribution in [1.29, 1.82) is 0 Å². The maximum Gasteiger partial charge on any atom is 0.258 e. The van der Waals surface area contributed by atoms with Gasteiger partial charge in [0, 0.05) is 38.3 Å². The summed E-state index contributed by atoms with van der Waals surface area (Å²) in [6.45, 7) is 13.8. The van der Waals surface area contributed by atoms with Crippen LogP contribution in [0.25, 0.3) is 11.1 Å². The Bertz CT molecular complexity index is 624. The number of nitrogens with zero attached hydrogens (tertiary/aromatic N) is 1. The molecule has 0 bridgehead atoms. The second-order valence-electron chi connectivity index (χ2n) is 6.56. The quantitative estimate of drug-likeness (QED) is 0.411. The first-order chi connectivity index (χ1) is 9.87. The summed E-state index contributed by atoms with van der Waals surface area (Å²) in [5.41, 5.74) is 7.08. The molecule has 1 heterocycles. The molecule has 0 saturated carbocycles. The topological polar surface area (TPSA) is 26.0 Å². The van der Waals surface area contributed by atoms with E-state index < -0.39 is 8.07 Å².